The third kappa shape index (κ3) is 2.75. The van der Waals surface area contributed by atoms with Gasteiger partial charge in [-0.3, -0.25) is 5.32 Å². The number of nitrogens with two attached hydrogens (primary N) is 2. The average molecular weight is 217 g/mol. The van der Waals surface area contributed by atoms with Crippen LogP contribution in [0.2, 0.25) is 0 Å². The van der Waals surface area contributed by atoms with E-state index in [0.717, 1.165) is 0 Å². The lowest BCUT2D eigenvalue weighted by atomic mass is 9.79. The van der Waals surface area contributed by atoms with E-state index in [2.05, 4.69) is 5.32 Å². The average Bonchev–Trinajstić information content (AvgIpc) is 2.22. The van der Waals surface area contributed by atoms with E-state index in [1.54, 1.807) is 6.08 Å². The second-order valence-corrected chi connectivity index (χ2v) is 4.06. The summed E-state index contributed by atoms with van der Waals surface area (Å²) in [6, 6.07) is 0. The summed E-state index contributed by atoms with van der Waals surface area (Å²) < 4.78 is 0. The summed E-state index contributed by atoms with van der Waals surface area (Å²) in [7, 11) is 0. The van der Waals surface area contributed by atoms with Crippen LogP contribution in [0, 0.1) is 0 Å². The Bertz CT molecular complexity index is 249. The summed E-state index contributed by atoms with van der Waals surface area (Å²) in [5, 5.41) is 30.3. The van der Waals surface area contributed by atoms with Gasteiger partial charge in [0, 0.05) is 13.0 Å². The van der Waals surface area contributed by atoms with Gasteiger partial charge in [-0.25, -0.2) is 0 Å². The van der Waals surface area contributed by atoms with Crippen LogP contribution in [0.4, 0.5) is 0 Å². The Kier molecular flexibility index (Phi) is 3.82. The van der Waals surface area contributed by atoms with Crippen molar-refractivity contribution in [1.82, 2.24) is 5.32 Å². The van der Waals surface area contributed by atoms with Crippen LogP contribution in [0.3, 0.4) is 0 Å². The first-order valence-electron chi connectivity index (χ1n) is 4.88. The van der Waals surface area contributed by atoms with Gasteiger partial charge in [-0.1, -0.05) is 12.2 Å². The van der Waals surface area contributed by atoms with Gasteiger partial charge in [0.1, 0.15) is 0 Å². The molecule has 0 amide bonds. The van der Waals surface area contributed by atoms with Crippen molar-refractivity contribution >= 4 is 0 Å². The Labute approximate surface area is 88.6 Å². The molecule has 6 heteroatoms. The molecule has 8 N–H and O–H groups in total. The van der Waals surface area contributed by atoms with Crippen LogP contribution in [-0.2, 0) is 0 Å². The highest BCUT2D eigenvalue weighted by Gasteiger charge is 2.42. The highest BCUT2D eigenvalue weighted by atomic mass is 16.3. The second-order valence-electron chi connectivity index (χ2n) is 4.06. The van der Waals surface area contributed by atoms with Gasteiger partial charge in [-0.15, -0.1) is 0 Å². The third-order valence-electron chi connectivity index (χ3n) is 2.65. The maximum atomic E-state index is 9.58. The number of rotatable bonds is 4. The molecule has 0 spiro atoms. The van der Waals surface area contributed by atoms with Crippen molar-refractivity contribution in [2.75, 3.05) is 19.8 Å². The van der Waals surface area contributed by atoms with Crippen LogP contribution in [-0.4, -0.2) is 52.4 Å². The van der Waals surface area contributed by atoms with Crippen LogP contribution < -0.4 is 16.8 Å². The van der Waals surface area contributed by atoms with Crippen molar-refractivity contribution in [3.63, 3.8) is 0 Å². The molecule has 0 saturated carbocycles. The quantitative estimate of drug-likeness (QED) is 0.224. The van der Waals surface area contributed by atoms with Crippen molar-refractivity contribution in [1.29, 1.82) is 0 Å². The molecule has 0 aromatic heterocycles. The molecule has 0 bridgehead atoms. The fourth-order valence-corrected chi connectivity index (χ4v) is 1.72. The van der Waals surface area contributed by atoms with E-state index in [1.807, 2.05) is 0 Å². The molecule has 0 aromatic rings. The summed E-state index contributed by atoms with van der Waals surface area (Å²) in [6.45, 7) is -0.0528. The van der Waals surface area contributed by atoms with Crippen molar-refractivity contribution in [3.05, 3.63) is 12.2 Å². The fourth-order valence-electron chi connectivity index (χ4n) is 1.72. The number of aliphatic hydroxyl groups is 3. The zero-order valence-electron chi connectivity index (χ0n) is 8.56. The van der Waals surface area contributed by atoms with Gasteiger partial charge in [0.25, 0.3) is 0 Å². The number of aliphatic hydroxyl groups excluding tert-OH is 3. The molecule has 0 aliphatic heterocycles. The second kappa shape index (κ2) is 4.56. The van der Waals surface area contributed by atoms with E-state index < -0.39 is 17.3 Å². The monoisotopic (exact) mass is 217 g/mol. The van der Waals surface area contributed by atoms with Gasteiger partial charge in [0.05, 0.1) is 30.5 Å². The topological polar surface area (TPSA) is 125 Å². The molecule has 0 radical (unpaired) electrons. The molecule has 3 atom stereocenters. The molecule has 1 aliphatic rings. The molecule has 6 nitrogen and oxygen atoms in total. The molecule has 1 aliphatic carbocycles. The molecule has 0 saturated heterocycles. The van der Waals surface area contributed by atoms with Crippen molar-refractivity contribution < 1.29 is 15.3 Å². The normalized spacial score (nSPS) is 40.7. The van der Waals surface area contributed by atoms with E-state index in [0.29, 0.717) is 6.54 Å². The summed E-state index contributed by atoms with van der Waals surface area (Å²) in [4.78, 5) is 0. The van der Waals surface area contributed by atoms with E-state index >= 15 is 0 Å². The van der Waals surface area contributed by atoms with E-state index in [-0.39, 0.29) is 19.6 Å². The first-order chi connectivity index (χ1) is 6.96. The van der Waals surface area contributed by atoms with E-state index in [1.165, 1.54) is 6.08 Å². The van der Waals surface area contributed by atoms with Gasteiger partial charge in [-0.05, 0) is 0 Å². The van der Waals surface area contributed by atoms with Crippen LogP contribution in [0.1, 0.15) is 6.42 Å². The van der Waals surface area contributed by atoms with Crippen molar-refractivity contribution in [2.24, 2.45) is 11.5 Å². The number of hydrogen-bond donors (Lipinski definition) is 6. The molecular formula is C9H19N3O3. The Morgan fingerprint density at radius 2 is 2.07 bits per heavy atom. The Balaban J connectivity index is 2.75. The highest BCUT2D eigenvalue weighted by Crippen LogP contribution is 2.25. The molecular weight excluding hydrogens is 198 g/mol. The van der Waals surface area contributed by atoms with Gasteiger partial charge >= 0.3 is 0 Å². The Morgan fingerprint density at radius 3 is 2.60 bits per heavy atom. The van der Waals surface area contributed by atoms with Crippen LogP contribution in [0.15, 0.2) is 12.2 Å². The SMILES string of the molecule is NC1(NCCO)C=CC(O)C(N)(CO)C1. The van der Waals surface area contributed by atoms with Gasteiger partial charge in [0.2, 0.25) is 0 Å². The summed E-state index contributed by atoms with van der Waals surface area (Å²) in [6.07, 6.45) is 2.36. The highest BCUT2D eigenvalue weighted by molar-refractivity contribution is 5.19. The molecule has 0 aromatic carbocycles. The first-order valence-corrected chi connectivity index (χ1v) is 4.88. The minimum Gasteiger partial charge on any atom is -0.395 e. The van der Waals surface area contributed by atoms with Crippen LogP contribution in [0.25, 0.3) is 0 Å². The van der Waals surface area contributed by atoms with Crippen LogP contribution in [0.5, 0.6) is 0 Å². The first kappa shape index (κ1) is 12.6. The molecule has 15 heavy (non-hydrogen) atoms. The lowest BCUT2D eigenvalue weighted by molar-refractivity contribution is 0.0430. The summed E-state index contributed by atoms with van der Waals surface area (Å²) in [5.41, 5.74) is 9.74. The standard InChI is InChI=1S/C9H19N3O3/c10-8(6-14)5-9(11,12-3-4-13)2-1-7(8)15/h1-2,7,12-15H,3-6,10-11H2. The summed E-state index contributed by atoms with van der Waals surface area (Å²) in [5.74, 6) is 0. The molecule has 1 rings (SSSR count). The fraction of sp³-hybridized carbons (Fsp3) is 0.778. The van der Waals surface area contributed by atoms with Gasteiger partial charge in [-0.2, -0.15) is 0 Å². The maximum absolute atomic E-state index is 9.58. The number of nitrogens with one attached hydrogen (secondary N) is 1. The predicted molar refractivity (Wildman–Crippen MR) is 55.8 cm³/mol. The number of hydrogen-bond acceptors (Lipinski definition) is 6. The third-order valence-corrected chi connectivity index (χ3v) is 2.65. The minimum absolute atomic E-state index is 0.0357. The zero-order valence-corrected chi connectivity index (χ0v) is 8.56. The van der Waals surface area contributed by atoms with Gasteiger partial charge in [0.15, 0.2) is 0 Å². The molecule has 3 unspecified atom stereocenters. The summed E-state index contributed by atoms with van der Waals surface area (Å²) >= 11 is 0. The smallest absolute Gasteiger partial charge is 0.0925 e. The predicted octanol–water partition coefficient (Wildman–Crippen LogP) is -2.77. The molecule has 88 valence electrons. The van der Waals surface area contributed by atoms with E-state index in [4.69, 9.17) is 21.7 Å². The Morgan fingerprint density at radius 1 is 1.40 bits per heavy atom. The van der Waals surface area contributed by atoms with Crippen LogP contribution >= 0.6 is 0 Å². The lowest BCUT2D eigenvalue weighted by Gasteiger charge is -2.42. The van der Waals surface area contributed by atoms with E-state index in [9.17, 15) is 5.11 Å². The minimum atomic E-state index is -1.13. The molecule has 0 fully saturated rings. The zero-order chi connectivity index (χ0) is 11.5. The molecule has 0 heterocycles. The van der Waals surface area contributed by atoms with Crippen molar-refractivity contribution in [2.45, 2.75) is 23.7 Å². The largest absolute Gasteiger partial charge is 0.395 e. The van der Waals surface area contributed by atoms with Crippen molar-refractivity contribution in [3.8, 4) is 0 Å². The maximum Gasteiger partial charge on any atom is 0.0925 e. The van der Waals surface area contributed by atoms with Gasteiger partial charge < -0.3 is 26.8 Å². The lowest BCUT2D eigenvalue weighted by Crippen LogP contribution is -2.66. The Hall–Kier alpha value is -0.500.